The van der Waals surface area contributed by atoms with Gasteiger partial charge in [-0.25, -0.2) is 4.39 Å². The summed E-state index contributed by atoms with van der Waals surface area (Å²) in [6.45, 7) is 2.11. The molecule has 2 rings (SSSR count). The number of nitrogens with zero attached hydrogens (tertiary/aromatic N) is 1. The number of carbonyl (C=O) groups is 1. The van der Waals surface area contributed by atoms with Crippen LogP contribution in [0.25, 0.3) is 0 Å². The van der Waals surface area contributed by atoms with Gasteiger partial charge in [0.25, 0.3) is 0 Å². The summed E-state index contributed by atoms with van der Waals surface area (Å²) in [5, 5.41) is 0. The molecule has 17 heavy (non-hydrogen) atoms. The van der Waals surface area contributed by atoms with Gasteiger partial charge in [-0.05, 0) is 25.8 Å². The Bertz CT molecular complexity index is 418. The minimum absolute atomic E-state index is 0.115. The van der Waals surface area contributed by atoms with E-state index in [1.807, 2.05) is 17.9 Å². The van der Waals surface area contributed by atoms with E-state index in [-0.39, 0.29) is 24.3 Å². The van der Waals surface area contributed by atoms with Crippen molar-refractivity contribution >= 4 is 5.91 Å². The lowest BCUT2D eigenvalue weighted by atomic mass is 10.1. The lowest BCUT2D eigenvalue weighted by Gasteiger charge is -2.28. The van der Waals surface area contributed by atoms with E-state index in [1.54, 1.807) is 12.1 Å². The number of carbonyl (C=O) groups excluding carboxylic acids is 1. The van der Waals surface area contributed by atoms with Gasteiger partial charge in [0.05, 0.1) is 6.54 Å². The van der Waals surface area contributed by atoms with Crippen LogP contribution in [0.3, 0.4) is 0 Å². The minimum atomic E-state index is -0.361. The Kier molecular flexibility index (Phi) is 3.43. The van der Waals surface area contributed by atoms with Crippen LogP contribution in [-0.4, -0.2) is 23.4 Å². The summed E-state index contributed by atoms with van der Waals surface area (Å²) in [6.07, 6.45) is 2.12. The third-order valence-electron chi connectivity index (χ3n) is 3.21. The molecular formula is C13H17FN2O. The van der Waals surface area contributed by atoms with E-state index in [0.717, 1.165) is 12.8 Å². The first kappa shape index (κ1) is 12.0. The number of hydrogen-bond acceptors (Lipinski definition) is 2. The van der Waals surface area contributed by atoms with Gasteiger partial charge in [0, 0.05) is 17.6 Å². The molecule has 1 aliphatic carbocycles. The molecular weight excluding hydrogens is 219 g/mol. The van der Waals surface area contributed by atoms with Crippen molar-refractivity contribution in [1.82, 2.24) is 4.90 Å². The molecule has 0 aromatic heterocycles. The largest absolute Gasteiger partial charge is 0.369 e. The van der Waals surface area contributed by atoms with Gasteiger partial charge in [-0.2, -0.15) is 0 Å². The fourth-order valence-corrected chi connectivity index (χ4v) is 2.16. The van der Waals surface area contributed by atoms with Crippen molar-refractivity contribution in [1.29, 1.82) is 0 Å². The summed E-state index contributed by atoms with van der Waals surface area (Å²) in [5.74, 6) is -0.588. The zero-order valence-corrected chi connectivity index (χ0v) is 9.90. The summed E-state index contributed by atoms with van der Waals surface area (Å²) < 4.78 is 13.7. The number of benzene rings is 1. The van der Waals surface area contributed by atoms with Crippen LogP contribution in [0.5, 0.6) is 0 Å². The second-order valence-corrected chi connectivity index (χ2v) is 4.57. The predicted molar refractivity (Wildman–Crippen MR) is 63.7 cm³/mol. The predicted octanol–water partition coefficient (Wildman–Crippen LogP) is 1.84. The second kappa shape index (κ2) is 4.84. The van der Waals surface area contributed by atoms with Crippen LogP contribution in [0.15, 0.2) is 24.3 Å². The molecule has 0 heterocycles. The number of halogens is 1. The number of amides is 1. The van der Waals surface area contributed by atoms with Gasteiger partial charge in [-0.15, -0.1) is 0 Å². The Morgan fingerprint density at radius 1 is 1.53 bits per heavy atom. The first-order valence-corrected chi connectivity index (χ1v) is 5.88. The molecule has 1 aromatic carbocycles. The van der Waals surface area contributed by atoms with Crippen molar-refractivity contribution in [2.24, 2.45) is 5.73 Å². The fraction of sp³-hybridized carbons (Fsp3) is 0.462. The lowest BCUT2D eigenvalue weighted by Crippen LogP contribution is -2.37. The van der Waals surface area contributed by atoms with Gasteiger partial charge in [-0.1, -0.05) is 18.2 Å². The van der Waals surface area contributed by atoms with Gasteiger partial charge in [0.1, 0.15) is 5.82 Å². The molecule has 1 aliphatic rings. The van der Waals surface area contributed by atoms with Crippen LogP contribution < -0.4 is 5.73 Å². The van der Waals surface area contributed by atoms with Crippen LogP contribution in [-0.2, 0) is 4.79 Å². The number of rotatable bonds is 5. The van der Waals surface area contributed by atoms with E-state index < -0.39 is 0 Å². The average Bonchev–Trinajstić information content (AvgIpc) is 3.09. The van der Waals surface area contributed by atoms with E-state index in [2.05, 4.69) is 0 Å². The van der Waals surface area contributed by atoms with Crippen molar-refractivity contribution < 1.29 is 9.18 Å². The summed E-state index contributed by atoms with van der Waals surface area (Å²) in [7, 11) is 0. The summed E-state index contributed by atoms with van der Waals surface area (Å²) in [4.78, 5) is 13.0. The maximum atomic E-state index is 13.7. The molecule has 1 aromatic rings. The summed E-state index contributed by atoms with van der Waals surface area (Å²) in [6, 6.07) is 6.94. The molecule has 0 radical (unpaired) electrons. The highest BCUT2D eigenvalue weighted by Gasteiger charge is 2.34. The molecule has 0 spiro atoms. The van der Waals surface area contributed by atoms with Crippen LogP contribution in [0.2, 0.25) is 0 Å². The van der Waals surface area contributed by atoms with E-state index in [1.165, 1.54) is 6.07 Å². The fourth-order valence-electron chi connectivity index (χ4n) is 2.16. The van der Waals surface area contributed by atoms with Crippen molar-refractivity contribution in [3.05, 3.63) is 35.6 Å². The molecule has 1 saturated carbocycles. The van der Waals surface area contributed by atoms with Gasteiger partial charge in [0.2, 0.25) is 5.91 Å². The third-order valence-corrected chi connectivity index (χ3v) is 3.21. The standard InChI is InChI=1S/C13H17FN2O/c1-9(11-4-2-3-5-12(11)14)16(8-13(15)17)10-6-7-10/h2-5,9-10H,6-8H2,1H3,(H2,15,17). The Morgan fingerprint density at radius 2 is 2.18 bits per heavy atom. The van der Waals surface area contributed by atoms with E-state index in [4.69, 9.17) is 5.73 Å². The van der Waals surface area contributed by atoms with E-state index >= 15 is 0 Å². The average molecular weight is 236 g/mol. The monoisotopic (exact) mass is 236 g/mol. The Morgan fingerprint density at radius 3 is 2.71 bits per heavy atom. The third kappa shape index (κ3) is 2.82. The minimum Gasteiger partial charge on any atom is -0.369 e. The highest BCUT2D eigenvalue weighted by molar-refractivity contribution is 5.76. The molecule has 4 heteroatoms. The highest BCUT2D eigenvalue weighted by Crippen LogP contribution is 2.34. The SMILES string of the molecule is CC(c1ccccc1F)N(CC(N)=O)C1CC1. The van der Waals surface area contributed by atoms with Crippen molar-refractivity contribution in [3.63, 3.8) is 0 Å². The van der Waals surface area contributed by atoms with Crippen molar-refractivity contribution in [3.8, 4) is 0 Å². The van der Waals surface area contributed by atoms with Crippen LogP contribution in [0, 0.1) is 5.82 Å². The van der Waals surface area contributed by atoms with E-state index in [9.17, 15) is 9.18 Å². The first-order chi connectivity index (χ1) is 8.09. The molecule has 3 nitrogen and oxygen atoms in total. The van der Waals surface area contributed by atoms with E-state index in [0.29, 0.717) is 11.6 Å². The zero-order chi connectivity index (χ0) is 12.4. The smallest absolute Gasteiger partial charge is 0.231 e. The van der Waals surface area contributed by atoms with Gasteiger partial charge in [-0.3, -0.25) is 9.69 Å². The molecule has 0 bridgehead atoms. The summed E-state index contributed by atoms with van der Waals surface area (Å²) >= 11 is 0. The quantitative estimate of drug-likeness (QED) is 0.847. The highest BCUT2D eigenvalue weighted by atomic mass is 19.1. The van der Waals surface area contributed by atoms with Crippen molar-refractivity contribution in [2.45, 2.75) is 31.8 Å². The molecule has 92 valence electrons. The summed E-state index contributed by atoms with van der Waals surface area (Å²) in [5.41, 5.74) is 5.86. The van der Waals surface area contributed by atoms with Gasteiger partial charge < -0.3 is 5.73 Å². The number of primary amides is 1. The molecule has 1 unspecified atom stereocenters. The van der Waals surface area contributed by atoms with Crippen molar-refractivity contribution in [2.75, 3.05) is 6.54 Å². The first-order valence-electron chi connectivity index (χ1n) is 5.88. The number of hydrogen-bond donors (Lipinski definition) is 1. The number of nitrogens with two attached hydrogens (primary N) is 1. The molecule has 0 aliphatic heterocycles. The second-order valence-electron chi connectivity index (χ2n) is 4.57. The normalized spacial score (nSPS) is 17.1. The molecule has 2 N–H and O–H groups in total. The molecule has 0 saturated heterocycles. The molecule has 1 amide bonds. The zero-order valence-electron chi connectivity index (χ0n) is 9.90. The Labute approximate surface area is 100 Å². The van der Waals surface area contributed by atoms with Crippen LogP contribution >= 0.6 is 0 Å². The maximum Gasteiger partial charge on any atom is 0.231 e. The van der Waals surface area contributed by atoms with Crippen LogP contribution in [0.4, 0.5) is 4.39 Å². The lowest BCUT2D eigenvalue weighted by molar-refractivity contribution is -0.119. The molecule has 1 fully saturated rings. The Balaban J connectivity index is 2.18. The molecule has 1 atom stereocenters. The maximum absolute atomic E-state index is 13.7. The van der Waals surface area contributed by atoms with Crippen LogP contribution in [0.1, 0.15) is 31.4 Å². The van der Waals surface area contributed by atoms with Gasteiger partial charge in [0.15, 0.2) is 0 Å². The Hall–Kier alpha value is -1.42. The van der Waals surface area contributed by atoms with Gasteiger partial charge >= 0.3 is 0 Å². The topological polar surface area (TPSA) is 46.3 Å².